The Balaban J connectivity index is 1.78. The highest BCUT2D eigenvalue weighted by atomic mass is 32.2. The Morgan fingerprint density at radius 3 is 2.52 bits per heavy atom. The van der Waals surface area contributed by atoms with Gasteiger partial charge in [0.2, 0.25) is 11.9 Å². The Bertz CT molecular complexity index is 1040. The SMILES string of the molecule is CN(C)C(=O)[C@H](Sc1nnc(N2CCOCC2)n1-c1cccc(F)c1)c1ccccc1. The zero-order valence-corrected chi connectivity index (χ0v) is 18.3. The first-order valence-corrected chi connectivity index (χ1v) is 10.9. The van der Waals surface area contributed by atoms with E-state index in [1.807, 2.05) is 41.0 Å². The molecule has 3 aromatic rings. The Morgan fingerprint density at radius 1 is 1.10 bits per heavy atom. The molecule has 0 radical (unpaired) electrons. The van der Waals surface area contributed by atoms with E-state index >= 15 is 0 Å². The van der Waals surface area contributed by atoms with Crippen molar-refractivity contribution in [3.63, 3.8) is 0 Å². The number of aromatic nitrogens is 3. The zero-order chi connectivity index (χ0) is 21.8. The molecule has 0 unspecified atom stereocenters. The minimum Gasteiger partial charge on any atom is -0.378 e. The summed E-state index contributed by atoms with van der Waals surface area (Å²) < 4.78 is 21.3. The van der Waals surface area contributed by atoms with Gasteiger partial charge in [-0.2, -0.15) is 0 Å². The van der Waals surface area contributed by atoms with E-state index < -0.39 is 5.25 Å². The molecule has 0 N–H and O–H groups in total. The monoisotopic (exact) mass is 441 g/mol. The highest BCUT2D eigenvalue weighted by Crippen LogP contribution is 2.38. The third-order valence-corrected chi connectivity index (χ3v) is 6.15. The molecule has 1 aromatic heterocycles. The highest BCUT2D eigenvalue weighted by Gasteiger charge is 2.29. The molecule has 0 saturated carbocycles. The number of hydrogen-bond donors (Lipinski definition) is 0. The number of halogens is 1. The quantitative estimate of drug-likeness (QED) is 0.548. The number of ether oxygens (including phenoxy) is 1. The second-order valence-electron chi connectivity index (χ2n) is 7.34. The van der Waals surface area contributed by atoms with Crippen LogP contribution >= 0.6 is 11.8 Å². The first kappa shape index (κ1) is 21.3. The van der Waals surface area contributed by atoms with E-state index in [1.165, 1.54) is 23.9 Å². The van der Waals surface area contributed by atoms with Crippen molar-refractivity contribution in [1.29, 1.82) is 0 Å². The van der Waals surface area contributed by atoms with Crippen LogP contribution in [0, 0.1) is 5.82 Å². The average molecular weight is 442 g/mol. The summed E-state index contributed by atoms with van der Waals surface area (Å²) in [5.41, 5.74) is 1.48. The minimum absolute atomic E-state index is 0.0575. The molecule has 2 aromatic carbocycles. The molecule has 0 aliphatic carbocycles. The van der Waals surface area contributed by atoms with Crippen LogP contribution in [-0.4, -0.2) is 66.0 Å². The number of hydrogen-bond acceptors (Lipinski definition) is 6. The summed E-state index contributed by atoms with van der Waals surface area (Å²) in [5.74, 6) is 0.206. The largest absolute Gasteiger partial charge is 0.378 e. The van der Waals surface area contributed by atoms with Gasteiger partial charge in [0.25, 0.3) is 0 Å². The van der Waals surface area contributed by atoms with E-state index in [4.69, 9.17) is 4.74 Å². The Morgan fingerprint density at radius 2 is 1.84 bits per heavy atom. The third kappa shape index (κ3) is 4.72. The Labute approximate surface area is 184 Å². The predicted octanol–water partition coefficient (Wildman–Crippen LogP) is 3.16. The summed E-state index contributed by atoms with van der Waals surface area (Å²) >= 11 is 1.31. The van der Waals surface area contributed by atoms with Gasteiger partial charge in [0.15, 0.2) is 5.16 Å². The van der Waals surface area contributed by atoms with Crippen molar-refractivity contribution < 1.29 is 13.9 Å². The smallest absolute Gasteiger partial charge is 0.240 e. The summed E-state index contributed by atoms with van der Waals surface area (Å²) in [6.07, 6.45) is 0. The standard InChI is InChI=1S/C22H24FN5O2S/c1-26(2)20(29)19(16-7-4-3-5-8-16)31-22-25-24-21(27-11-13-30-14-12-27)28(22)18-10-6-9-17(23)15-18/h3-10,15,19H,11-14H2,1-2H3/t19-/m1/s1. The molecule has 162 valence electrons. The van der Waals surface area contributed by atoms with Gasteiger partial charge in [0, 0.05) is 27.2 Å². The van der Waals surface area contributed by atoms with E-state index in [0.29, 0.717) is 43.1 Å². The molecule has 1 fully saturated rings. The van der Waals surface area contributed by atoms with Gasteiger partial charge in [-0.05, 0) is 23.8 Å². The van der Waals surface area contributed by atoms with E-state index in [9.17, 15) is 9.18 Å². The molecule has 1 amide bonds. The van der Waals surface area contributed by atoms with Gasteiger partial charge >= 0.3 is 0 Å². The summed E-state index contributed by atoms with van der Waals surface area (Å²) in [7, 11) is 3.46. The maximum absolute atomic E-state index is 14.1. The molecule has 0 bridgehead atoms. The molecule has 7 nitrogen and oxygen atoms in total. The van der Waals surface area contributed by atoms with Crippen LogP contribution in [-0.2, 0) is 9.53 Å². The van der Waals surface area contributed by atoms with Crippen LogP contribution < -0.4 is 4.90 Å². The van der Waals surface area contributed by atoms with Gasteiger partial charge in [-0.15, -0.1) is 10.2 Å². The fraction of sp³-hybridized carbons (Fsp3) is 0.318. The van der Waals surface area contributed by atoms with Crippen LogP contribution in [0.25, 0.3) is 5.69 Å². The molecule has 1 aliphatic heterocycles. The number of carbonyl (C=O) groups is 1. The fourth-order valence-electron chi connectivity index (χ4n) is 3.38. The van der Waals surface area contributed by atoms with Crippen molar-refractivity contribution in [1.82, 2.24) is 19.7 Å². The molecular weight excluding hydrogens is 417 g/mol. The van der Waals surface area contributed by atoms with Gasteiger partial charge in [-0.3, -0.25) is 9.36 Å². The molecule has 1 atom stereocenters. The fourth-order valence-corrected chi connectivity index (χ4v) is 4.57. The normalized spacial score (nSPS) is 15.0. The van der Waals surface area contributed by atoms with Gasteiger partial charge in [0.1, 0.15) is 11.1 Å². The molecule has 31 heavy (non-hydrogen) atoms. The van der Waals surface area contributed by atoms with E-state index in [1.54, 1.807) is 25.1 Å². The molecule has 4 rings (SSSR count). The third-order valence-electron chi connectivity index (χ3n) is 4.97. The van der Waals surface area contributed by atoms with Crippen molar-refractivity contribution in [2.75, 3.05) is 45.3 Å². The molecule has 1 aliphatic rings. The molecule has 2 heterocycles. The first-order chi connectivity index (χ1) is 15.0. The number of likely N-dealkylation sites (N-methyl/N-ethyl adjacent to an activating group) is 1. The van der Waals surface area contributed by atoms with Crippen molar-refractivity contribution in [3.05, 3.63) is 66.0 Å². The van der Waals surface area contributed by atoms with Gasteiger partial charge in [0.05, 0.1) is 18.9 Å². The topological polar surface area (TPSA) is 63.5 Å². The number of rotatable bonds is 6. The average Bonchev–Trinajstić information content (AvgIpc) is 3.22. The number of morpholine rings is 1. The lowest BCUT2D eigenvalue weighted by Crippen LogP contribution is -2.38. The summed E-state index contributed by atoms with van der Waals surface area (Å²) in [6, 6.07) is 15.9. The van der Waals surface area contributed by atoms with E-state index in [2.05, 4.69) is 15.1 Å². The lowest BCUT2D eigenvalue weighted by molar-refractivity contribution is -0.128. The first-order valence-electron chi connectivity index (χ1n) is 10.0. The van der Waals surface area contributed by atoms with Crippen LogP contribution in [0.2, 0.25) is 0 Å². The molecular formula is C22H24FN5O2S. The maximum Gasteiger partial charge on any atom is 0.240 e. The van der Waals surface area contributed by atoms with Crippen LogP contribution in [0.15, 0.2) is 59.8 Å². The van der Waals surface area contributed by atoms with E-state index in [-0.39, 0.29) is 11.7 Å². The summed E-state index contributed by atoms with van der Waals surface area (Å²) in [5, 5.41) is 8.83. The predicted molar refractivity (Wildman–Crippen MR) is 118 cm³/mol. The second kappa shape index (κ2) is 9.49. The van der Waals surface area contributed by atoms with Crippen LogP contribution in [0.4, 0.5) is 10.3 Å². The van der Waals surface area contributed by atoms with Gasteiger partial charge < -0.3 is 14.5 Å². The molecule has 1 saturated heterocycles. The van der Waals surface area contributed by atoms with Crippen LogP contribution in [0.5, 0.6) is 0 Å². The minimum atomic E-state index is -0.509. The van der Waals surface area contributed by atoms with Crippen molar-refractivity contribution >= 4 is 23.6 Å². The summed E-state index contributed by atoms with van der Waals surface area (Å²) in [4.78, 5) is 16.7. The summed E-state index contributed by atoms with van der Waals surface area (Å²) in [6.45, 7) is 2.50. The van der Waals surface area contributed by atoms with Gasteiger partial charge in [-0.1, -0.05) is 48.2 Å². The number of benzene rings is 2. The van der Waals surface area contributed by atoms with Crippen molar-refractivity contribution in [2.24, 2.45) is 0 Å². The zero-order valence-electron chi connectivity index (χ0n) is 17.4. The van der Waals surface area contributed by atoms with Gasteiger partial charge in [-0.25, -0.2) is 4.39 Å². The lowest BCUT2D eigenvalue weighted by atomic mass is 10.1. The van der Waals surface area contributed by atoms with Crippen molar-refractivity contribution in [3.8, 4) is 5.69 Å². The molecule has 0 spiro atoms. The number of anilines is 1. The number of carbonyl (C=O) groups excluding carboxylic acids is 1. The van der Waals surface area contributed by atoms with E-state index in [0.717, 1.165) is 5.56 Å². The lowest BCUT2D eigenvalue weighted by Gasteiger charge is -2.28. The van der Waals surface area contributed by atoms with Crippen molar-refractivity contribution in [2.45, 2.75) is 10.4 Å². The number of amides is 1. The Kier molecular flexibility index (Phi) is 6.53. The highest BCUT2D eigenvalue weighted by molar-refractivity contribution is 8.00. The second-order valence-corrected chi connectivity index (χ2v) is 8.41. The Hall–Kier alpha value is -2.91. The number of thioether (sulfide) groups is 1. The van der Waals surface area contributed by atoms with Crippen LogP contribution in [0.3, 0.4) is 0 Å². The molecule has 9 heteroatoms. The van der Waals surface area contributed by atoms with Crippen LogP contribution in [0.1, 0.15) is 10.8 Å². The maximum atomic E-state index is 14.1. The number of nitrogens with zero attached hydrogens (tertiary/aromatic N) is 5.